The Kier molecular flexibility index (Phi) is 15.0. The van der Waals surface area contributed by atoms with E-state index >= 15 is 0 Å². The zero-order valence-electron chi connectivity index (χ0n) is 21.2. The van der Waals surface area contributed by atoms with Crippen LogP contribution in [0.15, 0.2) is 0 Å². The van der Waals surface area contributed by atoms with E-state index in [2.05, 4.69) is 58.9 Å². The van der Waals surface area contributed by atoms with Gasteiger partial charge in [-0.05, 0) is 71.4 Å². The molecule has 0 fully saturated rings. The van der Waals surface area contributed by atoms with Crippen LogP contribution >= 0.6 is 0 Å². The minimum absolute atomic E-state index is 0.585. The number of hydrogen-bond donors (Lipinski definition) is 0. The number of ether oxygens (including phenoxy) is 4. The molecule has 0 aromatic rings. The van der Waals surface area contributed by atoms with Crippen LogP contribution in [0.25, 0.3) is 0 Å². The first-order valence-corrected chi connectivity index (χ1v) is 23.2. The van der Waals surface area contributed by atoms with Crippen molar-refractivity contribution in [2.24, 2.45) is 0 Å². The summed E-state index contributed by atoms with van der Waals surface area (Å²) >= 11 is 0. The van der Waals surface area contributed by atoms with Gasteiger partial charge in [-0.15, -0.1) is 0 Å². The normalized spacial score (nSPS) is 13.8. The van der Waals surface area contributed by atoms with Gasteiger partial charge in [-0.3, -0.25) is 0 Å². The van der Waals surface area contributed by atoms with E-state index in [0.29, 0.717) is 39.6 Å². The van der Waals surface area contributed by atoms with Crippen LogP contribution in [-0.2, 0) is 31.3 Å². The van der Waals surface area contributed by atoms with Crippen molar-refractivity contribution in [1.29, 1.82) is 0 Å². The molecule has 0 amide bonds. The predicted molar refractivity (Wildman–Crippen MR) is 133 cm³/mol. The first-order valence-electron chi connectivity index (χ1n) is 11.0. The molecule has 0 bridgehead atoms. The SMILES string of the molecule is COCCOCCOCCOCCC[Si](C)(C)O[Si](C)(C)O[Si](C)(C)O[Si](C)(C)C. The Labute approximate surface area is 189 Å². The maximum absolute atomic E-state index is 6.60. The summed E-state index contributed by atoms with van der Waals surface area (Å²) in [6.07, 6.45) is 0.996. The first-order chi connectivity index (χ1) is 13.7. The van der Waals surface area contributed by atoms with E-state index in [4.69, 9.17) is 31.3 Å². The van der Waals surface area contributed by atoms with Gasteiger partial charge in [0.15, 0.2) is 16.6 Å². The standard InChI is InChI=1S/C19H48O7Si4/c1-20-13-14-22-17-18-23-16-15-21-12-11-19-28(5,6)25-30(9,10)26-29(7,8)24-27(2,3)4/h11-19H2,1-10H3. The van der Waals surface area contributed by atoms with Crippen LogP contribution in [0.2, 0.25) is 65.0 Å². The van der Waals surface area contributed by atoms with Crippen molar-refractivity contribution in [3.8, 4) is 0 Å². The molecule has 0 rings (SSSR count). The third kappa shape index (κ3) is 19.3. The molecule has 0 radical (unpaired) electrons. The summed E-state index contributed by atoms with van der Waals surface area (Å²) in [5.74, 6) is 0. The number of methoxy groups -OCH3 is 1. The van der Waals surface area contributed by atoms with E-state index in [1.54, 1.807) is 7.11 Å². The molecule has 11 heteroatoms. The van der Waals surface area contributed by atoms with E-state index in [-0.39, 0.29) is 0 Å². The minimum atomic E-state index is -2.24. The highest BCUT2D eigenvalue weighted by Gasteiger charge is 2.42. The Balaban J connectivity index is 3.98. The lowest BCUT2D eigenvalue weighted by Gasteiger charge is -2.40. The molecule has 7 nitrogen and oxygen atoms in total. The topological polar surface area (TPSA) is 64.6 Å². The molecule has 0 unspecified atom stereocenters. The van der Waals surface area contributed by atoms with Gasteiger partial charge in [0.25, 0.3) is 0 Å². The van der Waals surface area contributed by atoms with Gasteiger partial charge in [0, 0.05) is 13.7 Å². The Bertz CT molecular complexity index is 443. The second-order valence-electron chi connectivity index (χ2n) is 9.91. The molecule has 0 saturated heterocycles. The molecule has 0 aliphatic rings. The zero-order chi connectivity index (χ0) is 23.3. The molecule has 0 atom stereocenters. The second-order valence-corrected chi connectivity index (χ2v) is 26.2. The fourth-order valence-electron chi connectivity index (χ4n) is 3.37. The van der Waals surface area contributed by atoms with Crippen molar-refractivity contribution in [1.82, 2.24) is 0 Å². The van der Waals surface area contributed by atoms with Gasteiger partial charge < -0.3 is 31.3 Å². The molecule has 0 N–H and O–H groups in total. The highest BCUT2D eigenvalue weighted by molar-refractivity contribution is 6.89. The second kappa shape index (κ2) is 14.7. The molecule has 0 aromatic heterocycles. The highest BCUT2D eigenvalue weighted by atomic mass is 28.5. The van der Waals surface area contributed by atoms with Crippen LogP contribution in [0.3, 0.4) is 0 Å². The Morgan fingerprint density at radius 1 is 0.500 bits per heavy atom. The molecule has 0 aliphatic carbocycles. The third-order valence-electron chi connectivity index (χ3n) is 3.81. The summed E-state index contributed by atoms with van der Waals surface area (Å²) in [4.78, 5) is 0. The first kappa shape index (κ1) is 30.6. The van der Waals surface area contributed by atoms with Gasteiger partial charge in [-0.2, -0.15) is 0 Å². The Hall–Kier alpha value is 0.588. The van der Waals surface area contributed by atoms with Gasteiger partial charge in [0.1, 0.15) is 0 Å². The van der Waals surface area contributed by atoms with Crippen molar-refractivity contribution in [2.45, 2.75) is 71.4 Å². The van der Waals surface area contributed by atoms with E-state index in [0.717, 1.165) is 19.1 Å². The van der Waals surface area contributed by atoms with Crippen molar-refractivity contribution in [3.63, 3.8) is 0 Å². The van der Waals surface area contributed by atoms with Crippen LogP contribution in [0.1, 0.15) is 6.42 Å². The van der Waals surface area contributed by atoms with E-state index in [1.807, 2.05) is 0 Å². The smallest absolute Gasteiger partial charge is 0.312 e. The fraction of sp³-hybridized carbons (Fsp3) is 1.00. The van der Waals surface area contributed by atoms with E-state index in [1.165, 1.54) is 0 Å². The van der Waals surface area contributed by atoms with Gasteiger partial charge in [-0.1, -0.05) is 0 Å². The lowest BCUT2D eigenvalue weighted by molar-refractivity contribution is 0.00371. The largest absolute Gasteiger partial charge is 0.437 e. The molecule has 0 aromatic carbocycles. The van der Waals surface area contributed by atoms with Crippen molar-refractivity contribution >= 4 is 33.8 Å². The van der Waals surface area contributed by atoms with Crippen LogP contribution in [0, 0.1) is 0 Å². The summed E-state index contributed by atoms with van der Waals surface area (Å²) < 4.78 is 40.9. The highest BCUT2D eigenvalue weighted by Crippen LogP contribution is 2.25. The van der Waals surface area contributed by atoms with E-state index < -0.39 is 33.8 Å². The molecular weight excluding hydrogens is 453 g/mol. The van der Waals surface area contributed by atoms with Gasteiger partial charge in [-0.25, -0.2) is 0 Å². The van der Waals surface area contributed by atoms with Crippen molar-refractivity contribution in [2.75, 3.05) is 53.4 Å². The summed E-state index contributed by atoms with van der Waals surface area (Å²) in [5, 5.41) is 0. The van der Waals surface area contributed by atoms with Crippen LogP contribution in [0.4, 0.5) is 0 Å². The Morgan fingerprint density at radius 2 is 0.933 bits per heavy atom. The molecule has 0 spiro atoms. The molecule has 0 aliphatic heterocycles. The molecule has 0 saturated carbocycles. The predicted octanol–water partition coefficient (Wildman–Crippen LogP) is 4.57. The van der Waals surface area contributed by atoms with Crippen LogP contribution in [0.5, 0.6) is 0 Å². The van der Waals surface area contributed by atoms with Gasteiger partial charge in [0.05, 0.1) is 39.6 Å². The summed E-state index contributed by atoms with van der Waals surface area (Å²) in [7, 11) is -6.19. The monoisotopic (exact) mass is 500 g/mol. The molecule has 182 valence electrons. The quantitative estimate of drug-likeness (QED) is 0.190. The average molecular weight is 501 g/mol. The van der Waals surface area contributed by atoms with Gasteiger partial charge in [0.2, 0.25) is 0 Å². The number of rotatable bonds is 19. The summed E-state index contributed by atoms with van der Waals surface area (Å²) in [6.45, 7) is 24.1. The lowest BCUT2D eigenvalue weighted by atomic mass is 10.5. The molecule has 30 heavy (non-hydrogen) atoms. The lowest BCUT2D eigenvalue weighted by Crippen LogP contribution is -2.55. The Morgan fingerprint density at radius 3 is 1.40 bits per heavy atom. The number of hydrogen-bond acceptors (Lipinski definition) is 7. The maximum atomic E-state index is 6.60. The van der Waals surface area contributed by atoms with E-state index in [9.17, 15) is 0 Å². The maximum Gasteiger partial charge on any atom is 0.312 e. The minimum Gasteiger partial charge on any atom is -0.437 e. The van der Waals surface area contributed by atoms with Crippen molar-refractivity contribution < 1.29 is 31.3 Å². The fourth-order valence-corrected chi connectivity index (χ4v) is 21.8. The zero-order valence-corrected chi connectivity index (χ0v) is 25.2. The van der Waals surface area contributed by atoms with Crippen molar-refractivity contribution in [3.05, 3.63) is 0 Å². The third-order valence-corrected chi connectivity index (χ3v) is 17.9. The van der Waals surface area contributed by atoms with Crippen LogP contribution < -0.4 is 0 Å². The summed E-state index contributed by atoms with van der Waals surface area (Å²) in [6, 6.07) is 1.05. The van der Waals surface area contributed by atoms with Gasteiger partial charge >= 0.3 is 17.1 Å². The summed E-state index contributed by atoms with van der Waals surface area (Å²) in [5.41, 5.74) is 0. The average Bonchev–Trinajstić information content (AvgIpc) is 2.51. The van der Waals surface area contributed by atoms with Crippen LogP contribution in [-0.4, -0.2) is 87.1 Å². The molecule has 0 heterocycles. The molecular formula is C19H48O7Si4.